The van der Waals surface area contributed by atoms with E-state index in [1.165, 1.54) is 0 Å². The number of H-pyrrole nitrogens is 1. The standard InChI is InChI=1S/C7H8N4O/c1-12-6-5-4(2-3-9-5)10-7(8)11-6/h2-3,9H,1H3,(H2,8,10,11). The first-order valence-electron chi connectivity index (χ1n) is 3.46. The van der Waals surface area contributed by atoms with Crippen molar-refractivity contribution < 1.29 is 4.74 Å². The largest absolute Gasteiger partial charge is 0.479 e. The van der Waals surface area contributed by atoms with E-state index in [1.807, 2.05) is 6.07 Å². The Morgan fingerprint density at radius 1 is 1.50 bits per heavy atom. The monoisotopic (exact) mass is 164 g/mol. The number of aromatic nitrogens is 3. The summed E-state index contributed by atoms with van der Waals surface area (Å²) in [7, 11) is 1.54. The maximum atomic E-state index is 5.44. The molecular weight excluding hydrogens is 156 g/mol. The van der Waals surface area contributed by atoms with Crippen LogP contribution in [0.4, 0.5) is 5.95 Å². The van der Waals surface area contributed by atoms with Gasteiger partial charge >= 0.3 is 0 Å². The number of ether oxygens (including phenoxy) is 1. The zero-order valence-corrected chi connectivity index (χ0v) is 6.53. The van der Waals surface area contributed by atoms with Crippen LogP contribution in [-0.4, -0.2) is 22.1 Å². The smallest absolute Gasteiger partial charge is 0.243 e. The molecule has 0 radical (unpaired) electrons. The molecule has 2 aromatic rings. The molecule has 0 saturated heterocycles. The molecule has 0 spiro atoms. The number of nitrogens with one attached hydrogen (secondary N) is 1. The van der Waals surface area contributed by atoms with Gasteiger partial charge in [-0.15, -0.1) is 0 Å². The minimum atomic E-state index is 0.221. The van der Waals surface area contributed by atoms with E-state index in [4.69, 9.17) is 10.5 Å². The molecule has 0 aliphatic rings. The summed E-state index contributed by atoms with van der Waals surface area (Å²) < 4.78 is 5.00. The molecule has 0 aliphatic heterocycles. The molecule has 0 atom stereocenters. The van der Waals surface area contributed by atoms with Gasteiger partial charge in [0.1, 0.15) is 5.52 Å². The van der Waals surface area contributed by atoms with Gasteiger partial charge in [-0.1, -0.05) is 0 Å². The van der Waals surface area contributed by atoms with E-state index in [-0.39, 0.29) is 5.95 Å². The molecule has 5 heteroatoms. The molecular formula is C7H8N4O. The van der Waals surface area contributed by atoms with Gasteiger partial charge in [0, 0.05) is 6.20 Å². The van der Waals surface area contributed by atoms with E-state index in [0.29, 0.717) is 5.88 Å². The lowest BCUT2D eigenvalue weighted by atomic mass is 10.4. The number of hydrogen-bond donors (Lipinski definition) is 2. The fourth-order valence-corrected chi connectivity index (χ4v) is 1.08. The average molecular weight is 164 g/mol. The first-order valence-corrected chi connectivity index (χ1v) is 3.46. The van der Waals surface area contributed by atoms with Crippen LogP contribution in [0.1, 0.15) is 0 Å². The molecule has 2 heterocycles. The lowest BCUT2D eigenvalue weighted by Gasteiger charge is -2.00. The van der Waals surface area contributed by atoms with Crippen molar-refractivity contribution in [2.24, 2.45) is 0 Å². The summed E-state index contributed by atoms with van der Waals surface area (Å²) in [6.07, 6.45) is 1.77. The minimum absolute atomic E-state index is 0.221. The Labute approximate surface area is 68.6 Å². The Kier molecular flexibility index (Phi) is 1.36. The minimum Gasteiger partial charge on any atom is -0.479 e. The third-order valence-electron chi connectivity index (χ3n) is 1.58. The van der Waals surface area contributed by atoms with E-state index in [0.717, 1.165) is 11.0 Å². The number of rotatable bonds is 1. The molecule has 0 saturated carbocycles. The number of anilines is 1. The first-order chi connectivity index (χ1) is 5.81. The van der Waals surface area contributed by atoms with Gasteiger partial charge in [-0.2, -0.15) is 4.98 Å². The Morgan fingerprint density at radius 2 is 2.33 bits per heavy atom. The van der Waals surface area contributed by atoms with Gasteiger partial charge in [0.2, 0.25) is 11.8 Å². The quantitative estimate of drug-likeness (QED) is 0.645. The van der Waals surface area contributed by atoms with Crippen molar-refractivity contribution >= 4 is 17.0 Å². The van der Waals surface area contributed by atoms with Gasteiger partial charge < -0.3 is 15.5 Å². The molecule has 2 aromatic heterocycles. The van der Waals surface area contributed by atoms with Crippen LogP contribution in [0.3, 0.4) is 0 Å². The van der Waals surface area contributed by atoms with Gasteiger partial charge in [0.05, 0.1) is 12.6 Å². The van der Waals surface area contributed by atoms with E-state index in [1.54, 1.807) is 13.3 Å². The zero-order valence-electron chi connectivity index (χ0n) is 6.53. The fourth-order valence-electron chi connectivity index (χ4n) is 1.08. The molecule has 3 N–H and O–H groups in total. The van der Waals surface area contributed by atoms with Gasteiger partial charge in [-0.25, -0.2) is 4.98 Å². The highest BCUT2D eigenvalue weighted by molar-refractivity contribution is 5.80. The van der Waals surface area contributed by atoms with E-state index >= 15 is 0 Å². The third-order valence-corrected chi connectivity index (χ3v) is 1.58. The fraction of sp³-hybridized carbons (Fsp3) is 0.143. The highest BCUT2D eigenvalue weighted by Gasteiger charge is 2.05. The summed E-state index contributed by atoms with van der Waals surface area (Å²) in [5.74, 6) is 0.696. The van der Waals surface area contributed by atoms with Crippen LogP contribution in [0.2, 0.25) is 0 Å². The number of fused-ring (bicyclic) bond motifs is 1. The van der Waals surface area contributed by atoms with Crippen LogP contribution in [0, 0.1) is 0 Å². The topological polar surface area (TPSA) is 76.8 Å². The summed E-state index contributed by atoms with van der Waals surface area (Å²) in [5.41, 5.74) is 6.98. The van der Waals surface area contributed by atoms with Crippen LogP contribution in [0.15, 0.2) is 12.3 Å². The summed E-state index contributed by atoms with van der Waals surface area (Å²) >= 11 is 0. The molecule has 0 aliphatic carbocycles. The van der Waals surface area contributed by atoms with Crippen LogP contribution in [0.5, 0.6) is 5.88 Å². The van der Waals surface area contributed by atoms with Crippen molar-refractivity contribution in [2.75, 3.05) is 12.8 Å². The lowest BCUT2D eigenvalue weighted by molar-refractivity contribution is 0.402. The van der Waals surface area contributed by atoms with Gasteiger partial charge in [0.25, 0.3) is 0 Å². The Morgan fingerprint density at radius 3 is 3.08 bits per heavy atom. The number of aromatic amines is 1. The van der Waals surface area contributed by atoms with Crippen molar-refractivity contribution in [3.8, 4) is 5.88 Å². The summed E-state index contributed by atoms with van der Waals surface area (Å²) in [5, 5.41) is 0. The van der Waals surface area contributed by atoms with Crippen molar-refractivity contribution in [2.45, 2.75) is 0 Å². The molecule has 2 rings (SSSR count). The summed E-state index contributed by atoms with van der Waals surface area (Å²) in [4.78, 5) is 10.9. The first kappa shape index (κ1) is 6.90. The number of methoxy groups -OCH3 is 1. The predicted molar refractivity (Wildman–Crippen MR) is 44.9 cm³/mol. The van der Waals surface area contributed by atoms with Gasteiger partial charge in [0.15, 0.2) is 0 Å². The third kappa shape index (κ3) is 0.868. The van der Waals surface area contributed by atoms with Gasteiger partial charge in [-0.3, -0.25) is 0 Å². The van der Waals surface area contributed by atoms with Crippen LogP contribution in [0.25, 0.3) is 11.0 Å². The maximum absolute atomic E-state index is 5.44. The van der Waals surface area contributed by atoms with Gasteiger partial charge in [-0.05, 0) is 6.07 Å². The van der Waals surface area contributed by atoms with E-state index < -0.39 is 0 Å². The van der Waals surface area contributed by atoms with E-state index in [9.17, 15) is 0 Å². The number of nitrogen functional groups attached to an aromatic ring is 1. The van der Waals surface area contributed by atoms with Crippen LogP contribution >= 0.6 is 0 Å². The second kappa shape index (κ2) is 2.37. The lowest BCUT2D eigenvalue weighted by Crippen LogP contribution is -1.97. The molecule has 0 aromatic carbocycles. The molecule has 0 bridgehead atoms. The Hall–Kier alpha value is -1.78. The second-order valence-corrected chi connectivity index (χ2v) is 2.33. The normalized spacial score (nSPS) is 10.4. The molecule has 0 unspecified atom stereocenters. The molecule has 0 fully saturated rings. The van der Waals surface area contributed by atoms with Crippen molar-refractivity contribution in [3.05, 3.63) is 12.3 Å². The van der Waals surface area contributed by atoms with Crippen LogP contribution < -0.4 is 10.5 Å². The highest BCUT2D eigenvalue weighted by Crippen LogP contribution is 2.20. The molecule has 62 valence electrons. The van der Waals surface area contributed by atoms with Crippen molar-refractivity contribution in [1.82, 2.24) is 15.0 Å². The van der Waals surface area contributed by atoms with E-state index in [2.05, 4.69) is 15.0 Å². The average Bonchev–Trinajstić information content (AvgIpc) is 2.50. The number of nitrogens with zero attached hydrogens (tertiary/aromatic N) is 2. The predicted octanol–water partition coefficient (Wildman–Crippen LogP) is 0.549. The summed E-state index contributed by atoms with van der Waals surface area (Å²) in [6.45, 7) is 0. The SMILES string of the molecule is COc1nc(N)nc2cc[nH]c12. The highest BCUT2D eigenvalue weighted by atomic mass is 16.5. The Bertz CT molecular complexity index is 409. The van der Waals surface area contributed by atoms with Crippen molar-refractivity contribution in [3.63, 3.8) is 0 Å². The Balaban J connectivity index is 2.80. The maximum Gasteiger partial charge on any atom is 0.243 e. The molecule has 0 amide bonds. The van der Waals surface area contributed by atoms with Crippen molar-refractivity contribution in [1.29, 1.82) is 0 Å². The second-order valence-electron chi connectivity index (χ2n) is 2.33. The van der Waals surface area contributed by atoms with Crippen LogP contribution in [-0.2, 0) is 0 Å². The molecule has 5 nitrogen and oxygen atoms in total. The zero-order chi connectivity index (χ0) is 8.55. The summed E-state index contributed by atoms with van der Waals surface area (Å²) in [6, 6.07) is 1.82. The number of hydrogen-bond acceptors (Lipinski definition) is 4. The number of nitrogens with two attached hydrogens (primary N) is 1. The molecule has 12 heavy (non-hydrogen) atoms.